The molecule has 130 valence electrons. The van der Waals surface area contributed by atoms with Crippen molar-refractivity contribution in [1.29, 1.82) is 0 Å². The molecule has 0 aliphatic heterocycles. The Labute approximate surface area is 138 Å². The van der Waals surface area contributed by atoms with E-state index in [0.717, 1.165) is 25.7 Å². The topological polar surface area (TPSA) is 85.0 Å². The van der Waals surface area contributed by atoms with Crippen LogP contribution in [0.25, 0.3) is 0 Å². The standard InChI is InChI=1S/C17H28N2O4/c18-7-9-22-11-12-23-10-8-19(17(20)21)13-16-14-5-3-1-2-4-6-15(14)16/h14-16H,3-13,18H2,(H,20,21)/t14-,15+,16?. The molecule has 0 aromatic carbocycles. The highest BCUT2D eigenvalue weighted by Gasteiger charge is 2.49. The molecule has 0 bridgehead atoms. The maximum atomic E-state index is 11.4. The van der Waals surface area contributed by atoms with Crippen LogP contribution in [-0.4, -0.2) is 62.2 Å². The molecule has 0 aromatic rings. The normalized spacial score (nSPS) is 25.5. The minimum absolute atomic E-state index is 0.406. The average Bonchev–Trinajstić information content (AvgIpc) is 3.14. The van der Waals surface area contributed by atoms with Crippen molar-refractivity contribution >= 4 is 6.09 Å². The van der Waals surface area contributed by atoms with Crippen LogP contribution in [0.3, 0.4) is 0 Å². The van der Waals surface area contributed by atoms with E-state index in [4.69, 9.17) is 15.2 Å². The van der Waals surface area contributed by atoms with Gasteiger partial charge in [0.2, 0.25) is 0 Å². The van der Waals surface area contributed by atoms with Gasteiger partial charge in [-0.3, -0.25) is 0 Å². The number of hydrogen-bond donors (Lipinski definition) is 2. The summed E-state index contributed by atoms with van der Waals surface area (Å²) >= 11 is 0. The van der Waals surface area contributed by atoms with Crippen molar-refractivity contribution in [2.45, 2.75) is 25.7 Å². The predicted molar refractivity (Wildman–Crippen MR) is 87.0 cm³/mol. The fourth-order valence-corrected chi connectivity index (χ4v) is 3.41. The first-order chi connectivity index (χ1) is 11.2. The lowest BCUT2D eigenvalue weighted by molar-refractivity contribution is 0.0405. The number of rotatable bonds is 10. The van der Waals surface area contributed by atoms with E-state index in [1.54, 1.807) is 0 Å². The number of carboxylic acid groups (broad SMARTS) is 1. The summed E-state index contributed by atoms with van der Waals surface area (Å²) in [6, 6.07) is 0. The highest BCUT2D eigenvalue weighted by atomic mass is 16.5. The number of carbonyl (C=O) groups is 1. The molecule has 1 amide bonds. The van der Waals surface area contributed by atoms with Crippen molar-refractivity contribution < 1.29 is 19.4 Å². The second-order valence-corrected chi connectivity index (χ2v) is 6.16. The van der Waals surface area contributed by atoms with Gasteiger partial charge >= 0.3 is 6.09 Å². The highest BCUT2D eigenvalue weighted by molar-refractivity contribution is 5.65. The van der Waals surface area contributed by atoms with E-state index >= 15 is 0 Å². The van der Waals surface area contributed by atoms with Gasteiger partial charge in [0, 0.05) is 32.5 Å². The summed E-state index contributed by atoms with van der Waals surface area (Å²) in [5.41, 5.74) is 5.32. The van der Waals surface area contributed by atoms with Gasteiger partial charge in [0.05, 0.1) is 26.4 Å². The zero-order valence-corrected chi connectivity index (χ0v) is 13.7. The smallest absolute Gasteiger partial charge is 0.407 e. The van der Waals surface area contributed by atoms with Crippen molar-refractivity contribution in [1.82, 2.24) is 4.90 Å². The lowest BCUT2D eigenvalue weighted by atomic mass is 10.1. The Morgan fingerprint density at radius 1 is 1.09 bits per heavy atom. The molecule has 2 aliphatic rings. The third kappa shape index (κ3) is 6.02. The Kier molecular flexibility index (Phi) is 7.66. The Hall–Kier alpha value is -1.29. The Bertz CT molecular complexity index is 414. The van der Waals surface area contributed by atoms with Crippen LogP contribution in [-0.2, 0) is 9.47 Å². The lowest BCUT2D eigenvalue weighted by Crippen LogP contribution is -2.35. The third-order valence-corrected chi connectivity index (χ3v) is 4.68. The quantitative estimate of drug-likeness (QED) is 0.469. The molecule has 0 spiro atoms. The van der Waals surface area contributed by atoms with Crippen molar-refractivity contribution in [2.24, 2.45) is 23.5 Å². The Morgan fingerprint density at radius 3 is 2.26 bits per heavy atom. The Balaban J connectivity index is 1.64. The van der Waals surface area contributed by atoms with Crippen LogP contribution in [0.15, 0.2) is 0 Å². The van der Waals surface area contributed by atoms with Gasteiger partial charge in [-0.1, -0.05) is 0 Å². The molecule has 6 nitrogen and oxygen atoms in total. The SMILES string of the molecule is NCCOCCOCCN(CC1[C@H]2CCC#CCC[C@@H]12)C(=O)O. The van der Waals surface area contributed by atoms with Gasteiger partial charge in [-0.25, -0.2) is 4.79 Å². The number of nitrogens with two attached hydrogens (primary N) is 1. The summed E-state index contributed by atoms with van der Waals surface area (Å²) < 4.78 is 10.6. The summed E-state index contributed by atoms with van der Waals surface area (Å²) in [6.07, 6.45) is 3.28. The van der Waals surface area contributed by atoms with E-state index in [2.05, 4.69) is 11.8 Å². The minimum Gasteiger partial charge on any atom is -0.465 e. The fraction of sp³-hybridized carbons (Fsp3) is 0.824. The summed E-state index contributed by atoms with van der Waals surface area (Å²) in [7, 11) is 0. The first-order valence-electron chi connectivity index (χ1n) is 8.53. The molecule has 1 unspecified atom stereocenters. The number of amides is 1. The molecular weight excluding hydrogens is 296 g/mol. The largest absolute Gasteiger partial charge is 0.465 e. The molecule has 6 heteroatoms. The van der Waals surface area contributed by atoms with E-state index in [-0.39, 0.29) is 0 Å². The van der Waals surface area contributed by atoms with E-state index in [9.17, 15) is 9.90 Å². The number of fused-ring (bicyclic) bond motifs is 1. The van der Waals surface area contributed by atoms with Crippen molar-refractivity contribution in [3.05, 3.63) is 0 Å². The molecule has 3 N–H and O–H groups in total. The van der Waals surface area contributed by atoms with Gasteiger partial charge in [0.15, 0.2) is 0 Å². The summed E-state index contributed by atoms with van der Waals surface area (Å²) in [5.74, 6) is 8.20. The second kappa shape index (κ2) is 9.76. The monoisotopic (exact) mass is 324 g/mol. The van der Waals surface area contributed by atoms with Gasteiger partial charge in [0.1, 0.15) is 0 Å². The fourth-order valence-electron chi connectivity index (χ4n) is 3.41. The van der Waals surface area contributed by atoms with Crippen molar-refractivity contribution in [3.8, 4) is 11.8 Å². The molecule has 0 heterocycles. The lowest BCUT2D eigenvalue weighted by Gasteiger charge is -2.19. The van der Waals surface area contributed by atoms with Crippen LogP contribution in [0.5, 0.6) is 0 Å². The maximum absolute atomic E-state index is 11.4. The van der Waals surface area contributed by atoms with Gasteiger partial charge in [-0.2, -0.15) is 0 Å². The Morgan fingerprint density at radius 2 is 1.70 bits per heavy atom. The van der Waals surface area contributed by atoms with Crippen LogP contribution in [0.1, 0.15) is 25.7 Å². The second-order valence-electron chi connectivity index (χ2n) is 6.16. The van der Waals surface area contributed by atoms with Gasteiger partial charge in [-0.15, -0.1) is 11.8 Å². The molecule has 0 saturated heterocycles. The van der Waals surface area contributed by atoms with E-state index in [1.165, 1.54) is 4.90 Å². The van der Waals surface area contributed by atoms with Crippen LogP contribution >= 0.6 is 0 Å². The molecule has 0 radical (unpaired) electrons. The van der Waals surface area contributed by atoms with Gasteiger partial charge < -0.3 is 25.2 Å². The highest BCUT2D eigenvalue weighted by Crippen LogP contribution is 2.52. The number of ether oxygens (including phenoxy) is 2. The first-order valence-corrected chi connectivity index (χ1v) is 8.53. The third-order valence-electron chi connectivity index (χ3n) is 4.68. The predicted octanol–water partition coefficient (Wildman–Crippen LogP) is 1.40. The number of hydrogen-bond acceptors (Lipinski definition) is 4. The van der Waals surface area contributed by atoms with Gasteiger partial charge in [-0.05, 0) is 30.6 Å². The zero-order chi connectivity index (χ0) is 16.5. The summed E-state index contributed by atoms with van der Waals surface area (Å²) in [4.78, 5) is 12.9. The van der Waals surface area contributed by atoms with Crippen molar-refractivity contribution in [2.75, 3.05) is 46.1 Å². The molecule has 2 rings (SSSR count). The van der Waals surface area contributed by atoms with E-state index in [0.29, 0.717) is 63.8 Å². The zero-order valence-electron chi connectivity index (χ0n) is 13.7. The number of nitrogens with zero attached hydrogens (tertiary/aromatic N) is 1. The molecule has 1 fully saturated rings. The van der Waals surface area contributed by atoms with E-state index < -0.39 is 6.09 Å². The molecule has 3 atom stereocenters. The van der Waals surface area contributed by atoms with Gasteiger partial charge in [0.25, 0.3) is 0 Å². The summed E-state index contributed by atoms with van der Waals surface area (Å²) in [6.45, 7) is 3.44. The summed E-state index contributed by atoms with van der Waals surface area (Å²) in [5, 5.41) is 9.37. The average molecular weight is 324 g/mol. The van der Waals surface area contributed by atoms with Crippen LogP contribution in [0, 0.1) is 29.6 Å². The molecule has 2 aliphatic carbocycles. The minimum atomic E-state index is -0.858. The molecule has 1 saturated carbocycles. The molecular formula is C17H28N2O4. The molecule has 23 heavy (non-hydrogen) atoms. The van der Waals surface area contributed by atoms with Crippen LogP contribution < -0.4 is 5.73 Å². The van der Waals surface area contributed by atoms with Crippen LogP contribution in [0.2, 0.25) is 0 Å². The van der Waals surface area contributed by atoms with E-state index in [1.807, 2.05) is 0 Å². The van der Waals surface area contributed by atoms with Crippen LogP contribution in [0.4, 0.5) is 4.79 Å². The van der Waals surface area contributed by atoms with Crippen molar-refractivity contribution in [3.63, 3.8) is 0 Å². The molecule has 0 aromatic heterocycles. The first kappa shape index (κ1) is 18.1. The maximum Gasteiger partial charge on any atom is 0.407 e.